The summed E-state index contributed by atoms with van der Waals surface area (Å²) in [6.07, 6.45) is 1.77. The Labute approximate surface area is 131 Å². The van der Waals surface area contributed by atoms with Gasteiger partial charge in [0.1, 0.15) is 0 Å². The number of benzene rings is 1. The van der Waals surface area contributed by atoms with Gasteiger partial charge in [0.25, 0.3) is 5.91 Å². The van der Waals surface area contributed by atoms with Crippen LogP contribution in [0.2, 0.25) is 0 Å². The van der Waals surface area contributed by atoms with Crippen LogP contribution in [-0.4, -0.2) is 29.1 Å². The molecule has 0 saturated carbocycles. The lowest BCUT2D eigenvalue weighted by atomic mass is 9.91. The summed E-state index contributed by atoms with van der Waals surface area (Å²) in [5.41, 5.74) is 0.737. The Morgan fingerprint density at radius 1 is 1.32 bits per heavy atom. The van der Waals surface area contributed by atoms with Gasteiger partial charge in [-0.25, -0.2) is 4.79 Å². The number of carbonyl (C=O) groups excluding carboxylic acids is 2. The monoisotopic (exact) mass is 304 g/mol. The number of carbonyl (C=O) groups is 2. The number of hydrogen-bond acceptors (Lipinski definition) is 3. The predicted octanol–water partition coefficient (Wildman–Crippen LogP) is 2.91. The number of hydrogen-bond donors (Lipinski definition) is 1. The van der Waals surface area contributed by atoms with E-state index < -0.39 is 6.09 Å². The Balaban J connectivity index is 1.94. The molecule has 2 amide bonds. The molecule has 5 heteroatoms. The van der Waals surface area contributed by atoms with Crippen molar-refractivity contribution in [1.82, 2.24) is 10.4 Å². The van der Waals surface area contributed by atoms with Gasteiger partial charge in [-0.05, 0) is 45.6 Å². The van der Waals surface area contributed by atoms with E-state index in [2.05, 4.69) is 5.32 Å². The van der Waals surface area contributed by atoms with E-state index in [1.807, 2.05) is 51.1 Å². The second kappa shape index (κ2) is 6.81. The van der Waals surface area contributed by atoms with Crippen LogP contribution >= 0.6 is 0 Å². The van der Waals surface area contributed by atoms with Gasteiger partial charge >= 0.3 is 6.09 Å². The average molecular weight is 304 g/mol. The summed E-state index contributed by atoms with van der Waals surface area (Å²) in [5, 5.41) is 3.90. The number of piperidine rings is 1. The summed E-state index contributed by atoms with van der Waals surface area (Å²) in [4.78, 5) is 29.4. The molecule has 0 aliphatic carbocycles. The van der Waals surface area contributed by atoms with Crippen LogP contribution in [0, 0.1) is 5.92 Å². The Morgan fingerprint density at radius 3 is 2.64 bits per heavy atom. The molecule has 1 unspecified atom stereocenters. The van der Waals surface area contributed by atoms with Crippen LogP contribution in [0.15, 0.2) is 30.3 Å². The van der Waals surface area contributed by atoms with E-state index in [-0.39, 0.29) is 17.4 Å². The van der Waals surface area contributed by atoms with Crippen LogP contribution in [-0.2, 0) is 16.1 Å². The molecular weight excluding hydrogens is 280 g/mol. The minimum atomic E-state index is -0.582. The molecule has 0 spiro atoms. The normalized spacial score (nSPS) is 19.0. The van der Waals surface area contributed by atoms with Crippen molar-refractivity contribution in [1.29, 1.82) is 0 Å². The maximum atomic E-state index is 12.5. The highest BCUT2D eigenvalue weighted by Gasteiger charge is 2.32. The van der Waals surface area contributed by atoms with Gasteiger partial charge in [0.2, 0.25) is 0 Å². The molecule has 1 aromatic rings. The molecule has 1 aliphatic rings. The van der Waals surface area contributed by atoms with Crippen molar-refractivity contribution in [3.63, 3.8) is 0 Å². The fourth-order valence-electron chi connectivity index (χ4n) is 2.53. The Morgan fingerprint density at radius 2 is 2.00 bits per heavy atom. The van der Waals surface area contributed by atoms with Gasteiger partial charge in [0.15, 0.2) is 0 Å². The van der Waals surface area contributed by atoms with Gasteiger partial charge in [0, 0.05) is 11.5 Å². The highest BCUT2D eigenvalue weighted by Crippen LogP contribution is 2.22. The van der Waals surface area contributed by atoms with E-state index in [4.69, 9.17) is 4.84 Å². The van der Waals surface area contributed by atoms with Crippen molar-refractivity contribution >= 4 is 12.0 Å². The molecule has 1 heterocycles. The Kier molecular flexibility index (Phi) is 5.06. The van der Waals surface area contributed by atoms with Crippen LogP contribution in [0.3, 0.4) is 0 Å². The quantitative estimate of drug-likeness (QED) is 0.934. The van der Waals surface area contributed by atoms with Crippen LogP contribution in [0.25, 0.3) is 0 Å². The van der Waals surface area contributed by atoms with Gasteiger partial charge in [0.05, 0.1) is 6.54 Å². The molecule has 5 nitrogen and oxygen atoms in total. The maximum Gasteiger partial charge on any atom is 0.432 e. The lowest BCUT2D eigenvalue weighted by molar-refractivity contribution is -0.176. The molecule has 1 N–H and O–H groups in total. The molecule has 0 radical (unpaired) electrons. The second-order valence-corrected chi connectivity index (χ2v) is 6.72. The standard InChI is InChI=1S/C17H24N2O3/c1-17(2,3)18-16(21)22-19-11-7-10-14(15(19)20)12-13-8-5-4-6-9-13/h4-6,8-9,14H,7,10-12H2,1-3H3,(H,18,21). The van der Waals surface area contributed by atoms with E-state index in [1.165, 1.54) is 5.06 Å². The smallest absolute Gasteiger partial charge is 0.319 e. The summed E-state index contributed by atoms with van der Waals surface area (Å²) >= 11 is 0. The van der Waals surface area contributed by atoms with E-state index >= 15 is 0 Å². The summed E-state index contributed by atoms with van der Waals surface area (Å²) in [7, 11) is 0. The third-order valence-electron chi connectivity index (χ3n) is 3.50. The van der Waals surface area contributed by atoms with Crippen molar-refractivity contribution in [2.45, 2.75) is 45.6 Å². The largest absolute Gasteiger partial charge is 0.432 e. The van der Waals surface area contributed by atoms with Crippen molar-refractivity contribution in [2.75, 3.05) is 6.54 Å². The molecule has 1 fully saturated rings. The van der Waals surface area contributed by atoms with Gasteiger partial charge in [-0.2, -0.15) is 5.06 Å². The number of hydroxylamine groups is 2. The van der Waals surface area contributed by atoms with Crippen molar-refractivity contribution in [2.24, 2.45) is 5.92 Å². The van der Waals surface area contributed by atoms with Crippen molar-refractivity contribution in [3.05, 3.63) is 35.9 Å². The topological polar surface area (TPSA) is 58.6 Å². The molecule has 1 saturated heterocycles. The zero-order valence-electron chi connectivity index (χ0n) is 13.5. The summed E-state index contributed by atoms with van der Waals surface area (Å²) in [6, 6.07) is 9.92. The third-order valence-corrected chi connectivity index (χ3v) is 3.50. The second-order valence-electron chi connectivity index (χ2n) is 6.72. The summed E-state index contributed by atoms with van der Waals surface area (Å²) < 4.78 is 0. The first-order valence-electron chi connectivity index (χ1n) is 7.70. The van der Waals surface area contributed by atoms with Gasteiger partial charge in [-0.15, -0.1) is 0 Å². The highest BCUT2D eigenvalue weighted by atomic mass is 16.7. The SMILES string of the molecule is CC(C)(C)NC(=O)ON1CCCC(Cc2ccccc2)C1=O. The van der Waals surface area contributed by atoms with Gasteiger partial charge < -0.3 is 10.2 Å². The molecule has 1 atom stereocenters. The van der Waals surface area contributed by atoms with Crippen LogP contribution in [0.4, 0.5) is 4.79 Å². The molecule has 120 valence electrons. The van der Waals surface area contributed by atoms with Crippen molar-refractivity contribution in [3.8, 4) is 0 Å². The lowest BCUT2D eigenvalue weighted by Crippen LogP contribution is -2.48. The van der Waals surface area contributed by atoms with E-state index in [0.717, 1.165) is 18.4 Å². The first-order valence-corrected chi connectivity index (χ1v) is 7.70. The first-order chi connectivity index (χ1) is 10.3. The minimum Gasteiger partial charge on any atom is -0.319 e. The van der Waals surface area contributed by atoms with Crippen LogP contribution < -0.4 is 5.32 Å². The minimum absolute atomic E-state index is 0.112. The summed E-state index contributed by atoms with van der Waals surface area (Å²) in [6.45, 7) is 6.06. The molecule has 22 heavy (non-hydrogen) atoms. The predicted molar refractivity (Wildman–Crippen MR) is 84.0 cm³/mol. The zero-order valence-corrected chi connectivity index (χ0v) is 13.5. The van der Waals surface area contributed by atoms with Crippen LogP contribution in [0.1, 0.15) is 39.2 Å². The fraction of sp³-hybridized carbons (Fsp3) is 0.529. The molecule has 1 aliphatic heterocycles. The fourth-order valence-corrected chi connectivity index (χ4v) is 2.53. The number of amides is 2. The van der Waals surface area contributed by atoms with Crippen molar-refractivity contribution < 1.29 is 14.4 Å². The summed E-state index contributed by atoms with van der Waals surface area (Å²) in [5.74, 6) is -0.238. The van der Waals surface area contributed by atoms with Gasteiger partial charge in [-0.3, -0.25) is 4.79 Å². The Bertz CT molecular complexity index is 522. The highest BCUT2D eigenvalue weighted by molar-refractivity contribution is 5.80. The van der Waals surface area contributed by atoms with Crippen LogP contribution in [0.5, 0.6) is 0 Å². The number of nitrogens with one attached hydrogen (secondary N) is 1. The number of nitrogens with zero attached hydrogens (tertiary/aromatic N) is 1. The number of rotatable bonds is 3. The molecule has 2 rings (SSSR count). The Hall–Kier alpha value is -2.04. The van der Waals surface area contributed by atoms with Gasteiger partial charge in [-0.1, -0.05) is 30.3 Å². The van der Waals surface area contributed by atoms with E-state index in [9.17, 15) is 9.59 Å². The molecule has 1 aromatic carbocycles. The average Bonchev–Trinajstić information content (AvgIpc) is 2.42. The third kappa shape index (κ3) is 4.76. The van der Waals surface area contributed by atoms with E-state index in [0.29, 0.717) is 13.0 Å². The lowest BCUT2D eigenvalue weighted by Gasteiger charge is -2.31. The zero-order chi connectivity index (χ0) is 16.2. The molecular formula is C17H24N2O3. The molecule has 0 aromatic heterocycles. The first kappa shape index (κ1) is 16.3. The maximum absolute atomic E-state index is 12.5. The van der Waals surface area contributed by atoms with E-state index in [1.54, 1.807) is 0 Å². The molecule has 0 bridgehead atoms.